The van der Waals surface area contributed by atoms with E-state index in [1.165, 1.54) is 18.2 Å². The maximum absolute atomic E-state index is 12.7. The Morgan fingerprint density at radius 3 is 2.80 bits per heavy atom. The Labute approximate surface area is 176 Å². The van der Waals surface area contributed by atoms with Crippen molar-refractivity contribution in [2.24, 2.45) is 0 Å². The van der Waals surface area contributed by atoms with Gasteiger partial charge in [-0.25, -0.2) is 4.98 Å². The summed E-state index contributed by atoms with van der Waals surface area (Å²) >= 11 is 6.19. The highest BCUT2D eigenvalue weighted by Gasteiger charge is 2.13. The molecule has 4 aromatic rings. The molecule has 0 aliphatic carbocycles. The van der Waals surface area contributed by atoms with Crippen LogP contribution in [-0.4, -0.2) is 32.0 Å². The van der Waals surface area contributed by atoms with Crippen LogP contribution in [-0.2, 0) is 4.79 Å². The Morgan fingerprint density at radius 1 is 1.07 bits per heavy atom. The molecule has 3 aromatic heterocycles. The van der Waals surface area contributed by atoms with Gasteiger partial charge in [-0.05, 0) is 48.5 Å². The third kappa shape index (κ3) is 4.50. The number of benzene rings is 1. The first kappa shape index (κ1) is 19.3. The monoisotopic (exact) mass is 418 g/mol. The minimum atomic E-state index is -0.414. The van der Waals surface area contributed by atoms with E-state index in [9.17, 15) is 9.59 Å². The van der Waals surface area contributed by atoms with Gasteiger partial charge in [0.1, 0.15) is 5.65 Å². The topological polar surface area (TPSA) is 113 Å². The fourth-order valence-corrected chi connectivity index (χ4v) is 2.93. The number of aromatic nitrogens is 4. The lowest BCUT2D eigenvalue weighted by atomic mass is 10.1. The van der Waals surface area contributed by atoms with Crippen molar-refractivity contribution in [3.8, 4) is 0 Å². The van der Waals surface area contributed by atoms with E-state index in [4.69, 9.17) is 11.6 Å². The number of fused-ring (bicyclic) bond motifs is 1. The smallest absolute Gasteiger partial charge is 0.257 e. The second-order valence-electron chi connectivity index (χ2n) is 6.26. The molecule has 0 unspecified atom stereocenters. The van der Waals surface area contributed by atoms with Gasteiger partial charge in [-0.1, -0.05) is 11.6 Å². The Hall–Kier alpha value is -4.04. The number of amides is 2. The molecule has 0 atom stereocenters. The summed E-state index contributed by atoms with van der Waals surface area (Å²) in [5, 5.41) is 14.2. The van der Waals surface area contributed by atoms with Crippen molar-refractivity contribution in [3.63, 3.8) is 0 Å². The van der Waals surface area contributed by atoms with E-state index in [0.717, 1.165) is 11.0 Å². The van der Waals surface area contributed by atoms with E-state index in [0.29, 0.717) is 17.1 Å². The number of nitrogens with one attached hydrogen (secondary N) is 3. The summed E-state index contributed by atoms with van der Waals surface area (Å²) in [5.41, 5.74) is 2.46. The summed E-state index contributed by atoms with van der Waals surface area (Å²) in [5.74, 6) is -0.792. The van der Waals surface area contributed by atoms with Crippen molar-refractivity contribution in [3.05, 3.63) is 83.4 Å². The Morgan fingerprint density at radius 2 is 1.97 bits per heavy atom. The summed E-state index contributed by atoms with van der Waals surface area (Å²) < 4.78 is 0. The largest absolute Gasteiger partial charge is 0.346 e. The maximum atomic E-state index is 12.7. The molecule has 3 heterocycles. The number of anilines is 2. The Kier molecular flexibility index (Phi) is 5.49. The normalized spacial score (nSPS) is 11.0. The molecule has 1 aromatic carbocycles. The average molecular weight is 419 g/mol. The number of hydrogen-bond acceptors (Lipinski definition) is 5. The molecule has 30 heavy (non-hydrogen) atoms. The van der Waals surface area contributed by atoms with Gasteiger partial charge in [0, 0.05) is 29.5 Å². The van der Waals surface area contributed by atoms with E-state index >= 15 is 0 Å². The van der Waals surface area contributed by atoms with Crippen LogP contribution >= 0.6 is 11.6 Å². The predicted octanol–water partition coefficient (Wildman–Crippen LogP) is 3.91. The lowest BCUT2D eigenvalue weighted by Gasteiger charge is -2.09. The molecule has 0 bridgehead atoms. The van der Waals surface area contributed by atoms with Crippen LogP contribution in [0.2, 0.25) is 5.02 Å². The summed E-state index contributed by atoms with van der Waals surface area (Å²) in [6, 6.07) is 11.8. The van der Waals surface area contributed by atoms with Gasteiger partial charge in [0.15, 0.2) is 0 Å². The molecule has 0 spiro atoms. The lowest BCUT2D eigenvalue weighted by molar-refractivity contribution is -0.111. The van der Waals surface area contributed by atoms with Gasteiger partial charge in [0.25, 0.3) is 5.91 Å². The third-order valence-electron chi connectivity index (χ3n) is 4.13. The zero-order valence-electron chi connectivity index (χ0n) is 15.5. The highest BCUT2D eigenvalue weighted by atomic mass is 35.5. The standard InChI is InChI=1S/C21H15ClN6O2/c22-18-5-3-15(26-19(29)6-4-14-2-1-8-25-28-14)11-17(18)21(30)27-16-10-13-7-9-23-20(13)24-12-16/h1-12H,(H,23,24)(H,26,29)(H,27,30). The number of carbonyl (C=O) groups is 2. The number of rotatable bonds is 5. The molecule has 0 saturated heterocycles. The number of halogens is 1. The summed E-state index contributed by atoms with van der Waals surface area (Å²) in [7, 11) is 0. The molecule has 0 radical (unpaired) electrons. The van der Waals surface area contributed by atoms with Crippen LogP contribution in [0.3, 0.4) is 0 Å². The summed E-state index contributed by atoms with van der Waals surface area (Å²) in [4.78, 5) is 32.1. The molecule has 0 aliphatic heterocycles. The van der Waals surface area contributed by atoms with Gasteiger partial charge in [0.05, 0.1) is 28.2 Å². The number of carbonyl (C=O) groups excluding carboxylic acids is 2. The highest BCUT2D eigenvalue weighted by molar-refractivity contribution is 6.34. The van der Waals surface area contributed by atoms with Crippen molar-refractivity contribution >= 4 is 51.9 Å². The fourth-order valence-electron chi connectivity index (χ4n) is 2.73. The molecule has 8 nitrogen and oxygen atoms in total. The summed E-state index contributed by atoms with van der Waals surface area (Å²) in [6.45, 7) is 0. The summed E-state index contributed by atoms with van der Waals surface area (Å²) in [6.07, 6.45) is 7.73. The van der Waals surface area contributed by atoms with Gasteiger partial charge in [-0.2, -0.15) is 10.2 Å². The van der Waals surface area contributed by atoms with Gasteiger partial charge < -0.3 is 15.6 Å². The molecule has 0 fully saturated rings. The molecule has 2 amide bonds. The zero-order valence-corrected chi connectivity index (χ0v) is 16.2. The molecule has 0 saturated carbocycles. The van der Waals surface area contributed by atoms with Crippen LogP contribution in [0.1, 0.15) is 16.1 Å². The van der Waals surface area contributed by atoms with E-state index < -0.39 is 5.91 Å². The highest BCUT2D eigenvalue weighted by Crippen LogP contribution is 2.23. The first-order valence-corrected chi connectivity index (χ1v) is 9.27. The molecule has 148 valence electrons. The average Bonchev–Trinajstić information content (AvgIpc) is 3.22. The van der Waals surface area contributed by atoms with Gasteiger partial charge in [-0.3, -0.25) is 9.59 Å². The molecule has 3 N–H and O–H groups in total. The lowest BCUT2D eigenvalue weighted by Crippen LogP contribution is -2.14. The van der Waals surface area contributed by atoms with E-state index in [1.807, 2.05) is 6.07 Å². The van der Waals surface area contributed by atoms with Gasteiger partial charge in [-0.15, -0.1) is 0 Å². The van der Waals surface area contributed by atoms with Crippen LogP contribution in [0, 0.1) is 0 Å². The SMILES string of the molecule is O=C(C=Cc1cccnn1)Nc1ccc(Cl)c(C(=O)Nc2cnc3[nH]ccc3c2)c1. The minimum absolute atomic E-state index is 0.224. The first-order valence-electron chi connectivity index (χ1n) is 8.89. The number of H-pyrrole nitrogens is 1. The molecule has 0 aliphatic rings. The number of pyridine rings is 1. The number of hydrogen-bond donors (Lipinski definition) is 3. The second-order valence-corrected chi connectivity index (χ2v) is 6.67. The molecule has 9 heteroatoms. The minimum Gasteiger partial charge on any atom is -0.346 e. The fraction of sp³-hybridized carbons (Fsp3) is 0. The van der Waals surface area contributed by atoms with E-state index in [1.54, 1.807) is 48.9 Å². The van der Waals surface area contributed by atoms with Crippen molar-refractivity contribution in [2.45, 2.75) is 0 Å². The zero-order chi connectivity index (χ0) is 20.9. The van der Waals surface area contributed by atoms with Crippen molar-refractivity contribution < 1.29 is 9.59 Å². The van der Waals surface area contributed by atoms with Crippen molar-refractivity contribution in [1.82, 2.24) is 20.2 Å². The number of nitrogens with zero attached hydrogens (tertiary/aromatic N) is 3. The van der Waals surface area contributed by atoms with Gasteiger partial charge >= 0.3 is 0 Å². The maximum Gasteiger partial charge on any atom is 0.257 e. The van der Waals surface area contributed by atoms with Crippen LogP contribution in [0.15, 0.2) is 67.1 Å². The van der Waals surface area contributed by atoms with Gasteiger partial charge in [0.2, 0.25) is 5.91 Å². The van der Waals surface area contributed by atoms with Crippen molar-refractivity contribution in [2.75, 3.05) is 10.6 Å². The number of aromatic amines is 1. The first-order chi connectivity index (χ1) is 14.6. The Bertz CT molecular complexity index is 1250. The Balaban J connectivity index is 1.47. The van der Waals surface area contributed by atoms with Crippen LogP contribution < -0.4 is 10.6 Å². The molecule has 4 rings (SSSR count). The van der Waals surface area contributed by atoms with Crippen molar-refractivity contribution in [1.29, 1.82) is 0 Å². The van der Waals surface area contributed by atoms with E-state index in [2.05, 4.69) is 30.8 Å². The third-order valence-corrected chi connectivity index (χ3v) is 4.46. The van der Waals surface area contributed by atoms with Crippen LogP contribution in [0.25, 0.3) is 17.1 Å². The quantitative estimate of drug-likeness (QED) is 0.425. The van der Waals surface area contributed by atoms with Crippen LogP contribution in [0.4, 0.5) is 11.4 Å². The van der Waals surface area contributed by atoms with E-state index in [-0.39, 0.29) is 16.5 Å². The van der Waals surface area contributed by atoms with Crippen LogP contribution in [0.5, 0.6) is 0 Å². The molecular formula is C21H15ClN6O2. The second kappa shape index (κ2) is 8.54. The predicted molar refractivity (Wildman–Crippen MR) is 115 cm³/mol. The molecular weight excluding hydrogens is 404 g/mol.